The van der Waals surface area contributed by atoms with E-state index in [1.54, 1.807) is 7.11 Å². The molecule has 8 heteroatoms. The highest BCUT2D eigenvalue weighted by Gasteiger charge is 2.57. The summed E-state index contributed by atoms with van der Waals surface area (Å²) in [5, 5.41) is 0. The van der Waals surface area contributed by atoms with E-state index in [0.717, 1.165) is 37.0 Å². The van der Waals surface area contributed by atoms with Gasteiger partial charge >= 0.3 is 0 Å². The van der Waals surface area contributed by atoms with E-state index in [9.17, 15) is 9.59 Å². The maximum atomic E-state index is 13.3. The van der Waals surface area contributed by atoms with Crippen molar-refractivity contribution < 1.29 is 19.1 Å². The van der Waals surface area contributed by atoms with Crippen LogP contribution in [0, 0.1) is 11.3 Å². The molecule has 0 spiro atoms. The number of likely N-dealkylation sites (tertiary alicyclic amines) is 2. The van der Waals surface area contributed by atoms with Crippen molar-refractivity contribution in [3.63, 3.8) is 0 Å². The minimum atomic E-state index is -0.569. The highest BCUT2D eigenvalue weighted by molar-refractivity contribution is 5.86. The number of amides is 2. The van der Waals surface area contributed by atoms with Gasteiger partial charge in [-0.25, -0.2) is 9.97 Å². The van der Waals surface area contributed by atoms with Gasteiger partial charge in [-0.2, -0.15) is 0 Å². The summed E-state index contributed by atoms with van der Waals surface area (Å²) in [7, 11) is 1.57. The summed E-state index contributed by atoms with van der Waals surface area (Å²) >= 11 is 0. The summed E-state index contributed by atoms with van der Waals surface area (Å²) < 4.78 is 11.1. The SMILES string of the molecule is COc1nc2ccccc2nc1CCC(=O)N1C[C@H]2COC[C@@]2(C(=O)N2CCCC2)C1. The Bertz CT molecular complexity index is 1010. The standard InChI is InChI=1S/C23H28N4O4/c1-30-21-19(24-17-6-2-3-7-18(17)25-21)8-9-20(28)27-12-16-13-31-15-23(16,14-27)22(29)26-10-4-5-11-26/h2-3,6-7,16H,4-5,8-15H2,1H3/t16-,23-/m0/s1. The number of nitrogens with zero attached hydrogens (tertiary/aromatic N) is 4. The Morgan fingerprint density at radius 3 is 2.65 bits per heavy atom. The zero-order valence-electron chi connectivity index (χ0n) is 17.9. The molecular formula is C23H28N4O4. The number of hydrogen-bond acceptors (Lipinski definition) is 6. The topological polar surface area (TPSA) is 84.9 Å². The molecule has 0 saturated carbocycles. The second-order valence-corrected chi connectivity index (χ2v) is 8.81. The van der Waals surface area contributed by atoms with E-state index in [4.69, 9.17) is 9.47 Å². The van der Waals surface area contributed by atoms with Crippen LogP contribution in [-0.2, 0) is 20.7 Å². The molecular weight excluding hydrogens is 396 g/mol. The van der Waals surface area contributed by atoms with E-state index in [1.807, 2.05) is 34.1 Å². The van der Waals surface area contributed by atoms with Gasteiger partial charge in [-0.05, 0) is 25.0 Å². The van der Waals surface area contributed by atoms with Crippen LogP contribution in [0.25, 0.3) is 11.0 Å². The number of rotatable bonds is 5. The van der Waals surface area contributed by atoms with E-state index in [-0.39, 0.29) is 17.7 Å². The van der Waals surface area contributed by atoms with Crippen LogP contribution >= 0.6 is 0 Å². The number of aryl methyl sites for hydroxylation is 1. The fourth-order valence-corrected chi connectivity index (χ4v) is 5.19. The average Bonchev–Trinajstić information content (AvgIpc) is 3.52. The number of carbonyl (C=O) groups excluding carboxylic acids is 2. The highest BCUT2D eigenvalue weighted by Crippen LogP contribution is 2.43. The normalized spacial score (nSPS) is 25.3. The summed E-state index contributed by atoms with van der Waals surface area (Å²) in [6.07, 6.45) is 2.88. The molecule has 5 rings (SSSR count). The van der Waals surface area contributed by atoms with Gasteiger partial charge in [0.15, 0.2) is 0 Å². The third-order valence-electron chi connectivity index (χ3n) is 6.92. The largest absolute Gasteiger partial charge is 0.480 e. The fourth-order valence-electron chi connectivity index (χ4n) is 5.19. The van der Waals surface area contributed by atoms with Crippen molar-refractivity contribution in [1.29, 1.82) is 0 Å². The molecule has 3 saturated heterocycles. The number of para-hydroxylation sites is 2. The molecule has 0 aliphatic carbocycles. The first-order valence-electron chi connectivity index (χ1n) is 11.1. The lowest BCUT2D eigenvalue weighted by Gasteiger charge is -2.30. The van der Waals surface area contributed by atoms with Crippen LogP contribution in [0.4, 0.5) is 0 Å². The number of hydrogen-bond donors (Lipinski definition) is 0. The van der Waals surface area contributed by atoms with Crippen molar-refractivity contribution in [2.24, 2.45) is 11.3 Å². The van der Waals surface area contributed by atoms with Crippen LogP contribution in [0.3, 0.4) is 0 Å². The Labute approximate surface area is 181 Å². The molecule has 0 bridgehead atoms. The molecule has 3 aliphatic heterocycles. The number of carbonyl (C=O) groups is 2. The second kappa shape index (κ2) is 8.07. The number of methoxy groups -OCH3 is 1. The predicted molar refractivity (Wildman–Crippen MR) is 114 cm³/mol. The van der Waals surface area contributed by atoms with Gasteiger partial charge < -0.3 is 19.3 Å². The molecule has 3 fully saturated rings. The zero-order chi connectivity index (χ0) is 21.4. The third-order valence-corrected chi connectivity index (χ3v) is 6.92. The van der Waals surface area contributed by atoms with Gasteiger partial charge in [-0.1, -0.05) is 12.1 Å². The zero-order valence-corrected chi connectivity index (χ0v) is 17.9. The molecule has 0 radical (unpaired) electrons. The minimum absolute atomic E-state index is 0.0417. The summed E-state index contributed by atoms with van der Waals surface area (Å²) in [5.74, 6) is 0.753. The lowest BCUT2D eigenvalue weighted by Crippen LogP contribution is -2.48. The van der Waals surface area contributed by atoms with E-state index in [0.29, 0.717) is 50.7 Å². The van der Waals surface area contributed by atoms with Crippen LogP contribution in [0.15, 0.2) is 24.3 Å². The monoisotopic (exact) mass is 424 g/mol. The summed E-state index contributed by atoms with van der Waals surface area (Å²) in [6.45, 7) is 3.64. The number of benzene rings is 1. The molecule has 0 N–H and O–H groups in total. The molecule has 4 heterocycles. The quantitative estimate of drug-likeness (QED) is 0.726. The third kappa shape index (κ3) is 3.52. The number of ether oxygens (including phenoxy) is 2. The van der Waals surface area contributed by atoms with Gasteiger partial charge in [0.2, 0.25) is 17.7 Å². The highest BCUT2D eigenvalue weighted by atomic mass is 16.5. The molecule has 0 unspecified atom stereocenters. The maximum Gasteiger partial charge on any atom is 0.235 e. The first kappa shape index (κ1) is 20.2. The Balaban J connectivity index is 1.28. The lowest BCUT2D eigenvalue weighted by molar-refractivity contribution is -0.142. The molecule has 1 aromatic heterocycles. The van der Waals surface area contributed by atoms with Gasteiger partial charge in [0.25, 0.3) is 0 Å². The lowest BCUT2D eigenvalue weighted by atomic mass is 9.79. The van der Waals surface area contributed by atoms with Gasteiger partial charge in [-0.3, -0.25) is 9.59 Å². The summed E-state index contributed by atoms with van der Waals surface area (Å²) in [5.41, 5.74) is 1.67. The van der Waals surface area contributed by atoms with Crippen molar-refractivity contribution in [3.8, 4) is 5.88 Å². The molecule has 8 nitrogen and oxygen atoms in total. The first-order chi connectivity index (χ1) is 15.1. The van der Waals surface area contributed by atoms with Gasteiger partial charge in [0.05, 0.1) is 36.8 Å². The molecule has 2 amide bonds. The second-order valence-electron chi connectivity index (χ2n) is 8.81. The predicted octanol–water partition coefficient (Wildman–Crippen LogP) is 1.67. The van der Waals surface area contributed by atoms with Crippen molar-refractivity contribution in [2.75, 3.05) is 46.5 Å². The van der Waals surface area contributed by atoms with E-state index >= 15 is 0 Å². The van der Waals surface area contributed by atoms with Crippen molar-refractivity contribution in [2.45, 2.75) is 25.7 Å². The maximum absolute atomic E-state index is 13.3. The molecule has 2 atom stereocenters. The summed E-state index contributed by atoms with van der Waals surface area (Å²) in [4.78, 5) is 39.3. The average molecular weight is 425 g/mol. The van der Waals surface area contributed by atoms with E-state index < -0.39 is 5.41 Å². The van der Waals surface area contributed by atoms with Crippen LogP contribution in [0.2, 0.25) is 0 Å². The van der Waals surface area contributed by atoms with Crippen LogP contribution in [0.1, 0.15) is 25.0 Å². The van der Waals surface area contributed by atoms with Crippen LogP contribution in [0.5, 0.6) is 5.88 Å². The number of aromatic nitrogens is 2. The number of fused-ring (bicyclic) bond motifs is 2. The van der Waals surface area contributed by atoms with Gasteiger partial charge in [0.1, 0.15) is 5.69 Å². The summed E-state index contributed by atoms with van der Waals surface area (Å²) in [6, 6.07) is 7.62. The smallest absolute Gasteiger partial charge is 0.235 e. The van der Waals surface area contributed by atoms with E-state index in [1.165, 1.54) is 0 Å². The van der Waals surface area contributed by atoms with E-state index in [2.05, 4.69) is 9.97 Å². The molecule has 31 heavy (non-hydrogen) atoms. The van der Waals surface area contributed by atoms with Crippen molar-refractivity contribution in [1.82, 2.24) is 19.8 Å². The fraction of sp³-hybridized carbons (Fsp3) is 0.565. The van der Waals surface area contributed by atoms with Crippen LogP contribution in [-0.4, -0.2) is 78.1 Å². The molecule has 3 aliphatic rings. The molecule has 2 aromatic rings. The first-order valence-corrected chi connectivity index (χ1v) is 11.1. The Morgan fingerprint density at radius 1 is 1.16 bits per heavy atom. The Morgan fingerprint density at radius 2 is 1.90 bits per heavy atom. The Hall–Kier alpha value is -2.74. The van der Waals surface area contributed by atoms with Gasteiger partial charge in [0, 0.05) is 44.9 Å². The van der Waals surface area contributed by atoms with Crippen molar-refractivity contribution in [3.05, 3.63) is 30.0 Å². The molecule has 1 aromatic carbocycles. The minimum Gasteiger partial charge on any atom is -0.480 e. The van der Waals surface area contributed by atoms with Crippen molar-refractivity contribution >= 4 is 22.8 Å². The van der Waals surface area contributed by atoms with Gasteiger partial charge in [-0.15, -0.1) is 0 Å². The molecule has 164 valence electrons. The van der Waals surface area contributed by atoms with Crippen LogP contribution < -0.4 is 4.74 Å². The Kier molecular flexibility index (Phi) is 5.25.